The molecule has 2 amide bonds. The van der Waals surface area contributed by atoms with Crippen molar-refractivity contribution in [1.82, 2.24) is 10.6 Å². The lowest BCUT2D eigenvalue weighted by Crippen LogP contribution is -2.56. The summed E-state index contributed by atoms with van der Waals surface area (Å²) in [4.78, 5) is 48.5. The molecule has 2 rings (SSSR count). The number of ether oxygens (including phenoxy) is 3. The highest BCUT2D eigenvalue weighted by atomic mass is 16.5. The number of hydrogen-bond acceptors (Lipinski definition) is 8. The fraction of sp³-hybridized carbons (Fsp3) is 0.429. The van der Waals surface area contributed by atoms with Crippen LogP contribution in [0.1, 0.15) is 38.8 Å². The van der Waals surface area contributed by atoms with Gasteiger partial charge in [0.05, 0.1) is 19.2 Å². The number of benzene rings is 2. The number of amides is 2. The summed E-state index contributed by atoms with van der Waals surface area (Å²) >= 11 is 0. The highest BCUT2D eigenvalue weighted by molar-refractivity contribution is 5.90. The first-order valence-electron chi connectivity index (χ1n) is 12.4. The van der Waals surface area contributed by atoms with Crippen molar-refractivity contribution < 1.29 is 33.4 Å². The maximum Gasteiger partial charge on any atom is 0.308 e. The lowest BCUT2D eigenvalue weighted by molar-refractivity contribution is -0.142. The van der Waals surface area contributed by atoms with Crippen LogP contribution >= 0.6 is 0 Å². The van der Waals surface area contributed by atoms with E-state index in [9.17, 15) is 19.2 Å². The first-order valence-corrected chi connectivity index (χ1v) is 12.4. The van der Waals surface area contributed by atoms with Crippen molar-refractivity contribution in [2.45, 2.75) is 58.7 Å². The van der Waals surface area contributed by atoms with E-state index in [4.69, 9.17) is 19.9 Å². The van der Waals surface area contributed by atoms with Gasteiger partial charge in [-0.2, -0.15) is 0 Å². The molecule has 0 unspecified atom stereocenters. The Labute approximate surface area is 223 Å². The van der Waals surface area contributed by atoms with Gasteiger partial charge >= 0.3 is 11.9 Å². The minimum Gasteiger partial charge on any atom is -0.497 e. The highest BCUT2D eigenvalue weighted by Crippen LogP contribution is 2.15. The first kappa shape index (κ1) is 30.3. The van der Waals surface area contributed by atoms with Crippen LogP contribution in [0.2, 0.25) is 0 Å². The van der Waals surface area contributed by atoms with Crippen LogP contribution in [0.25, 0.3) is 0 Å². The second kappa shape index (κ2) is 14.7. The number of carbonyl (C=O) groups is 4. The van der Waals surface area contributed by atoms with Crippen LogP contribution in [-0.2, 0) is 36.8 Å². The number of rotatable bonds is 13. The van der Waals surface area contributed by atoms with Gasteiger partial charge in [0, 0.05) is 13.8 Å². The molecule has 0 aromatic heterocycles. The third-order valence-electron chi connectivity index (χ3n) is 5.70. The Morgan fingerprint density at radius 3 is 1.84 bits per heavy atom. The maximum absolute atomic E-state index is 13.2. The van der Waals surface area contributed by atoms with Gasteiger partial charge in [0.2, 0.25) is 11.8 Å². The Balaban J connectivity index is 2.04. The van der Waals surface area contributed by atoms with E-state index in [1.807, 2.05) is 38.1 Å². The molecule has 2 aromatic carbocycles. The van der Waals surface area contributed by atoms with Crippen LogP contribution in [-0.4, -0.2) is 55.6 Å². The zero-order valence-electron chi connectivity index (χ0n) is 22.5. The number of nitrogens with two attached hydrogens (primary N) is 1. The van der Waals surface area contributed by atoms with Gasteiger partial charge in [-0.25, -0.2) is 0 Å². The van der Waals surface area contributed by atoms with Crippen molar-refractivity contribution >= 4 is 23.8 Å². The molecule has 0 aliphatic rings. The molecule has 10 heteroatoms. The molecule has 0 fully saturated rings. The van der Waals surface area contributed by atoms with Gasteiger partial charge in [0.1, 0.15) is 24.1 Å². The average molecular weight is 528 g/mol. The Morgan fingerprint density at radius 2 is 1.34 bits per heavy atom. The SMILES string of the molecule is COc1ccc(C[C@@H](COC(C)=O)NC(=O)[C@@H](NC(=O)[C@@H](N)Cc2ccc(OC(C)=O)cc2)C(C)C)cc1. The minimum atomic E-state index is -0.903. The monoisotopic (exact) mass is 527 g/mol. The maximum atomic E-state index is 13.2. The summed E-state index contributed by atoms with van der Waals surface area (Å²) < 4.78 is 15.4. The summed E-state index contributed by atoms with van der Waals surface area (Å²) in [5.41, 5.74) is 7.81. The zero-order chi connectivity index (χ0) is 28.2. The number of methoxy groups -OCH3 is 1. The largest absolute Gasteiger partial charge is 0.497 e. The molecule has 0 aliphatic carbocycles. The molecule has 2 aromatic rings. The molecular formula is C28H37N3O7. The van der Waals surface area contributed by atoms with Gasteiger partial charge in [-0.3, -0.25) is 19.2 Å². The molecule has 206 valence electrons. The summed E-state index contributed by atoms with van der Waals surface area (Å²) in [6, 6.07) is 11.8. The van der Waals surface area contributed by atoms with E-state index in [0.717, 1.165) is 11.1 Å². The predicted octanol–water partition coefficient (Wildman–Crippen LogP) is 1.92. The second-order valence-electron chi connectivity index (χ2n) is 9.34. The molecular weight excluding hydrogens is 490 g/mol. The summed E-state index contributed by atoms with van der Waals surface area (Å²) in [5, 5.41) is 5.66. The summed E-state index contributed by atoms with van der Waals surface area (Å²) in [6.45, 7) is 6.22. The second-order valence-corrected chi connectivity index (χ2v) is 9.34. The van der Waals surface area contributed by atoms with E-state index in [-0.39, 0.29) is 18.9 Å². The smallest absolute Gasteiger partial charge is 0.308 e. The normalized spacial score (nSPS) is 13.1. The van der Waals surface area contributed by atoms with Gasteiger partial charge in [0.15, 0.2) is 0 Å². The molecule has 3 atom stereocenters. The van der Waals surface area contributed by atoms with Crippen LogP contribution in [0.15, 0.2) is 48.5 Å². The molecule has 0 saturated heterocycles. The fourth-order valence-corrected chi connectivity index (χ4v) is 3.71. The zero-order valence-corrected chi connectivity index (χ0v) is 22.5. The van der Waals surface area contributed by atoms with Gasteiger partial charge in [-0.1, -0.05) is 38.1 Å². The van der Waals surface area contributed by atoms with Crippen LogP contribution in [0, 0.1) is 5.92 Å². The van der Waals surface area contributed by atoms with Crippen molar-refractivity contribution in [2.24, 2.45) is 11.7 Å². The lowest BCUT2D eigenvalue weighted by atomic mass is 10.00. The van der Waals surface area contributed by atoms with E-state index in [1.165, 1.54) is 13.8 Å². The summed E-state index contributed by atoms with van der Waals surface area (Å²) in [5.74, 6) is -0.899. The molecule has 0 aliphatic heterocycles. The minimum absolute atomic E-state index is 0.0191. The van der Waals surface area contributed by atoms with Crippen molar-refractivity contribution in [2.75, 3.05) is 13.7 Å². The standard InChI is InChI=1S/C28H37N3O7/c1-17(2)26(31-27(34)25(29)15-21-8-12-24(13-9-21)38-19(4)33)28(35)30-22(16-37-18(3)32)14-20-6-10-23(36-5)11-7-20/h6-13,17,22,25-26H,14-16,29H2,1-5H3,(H,30,35)(H,31,34)/t22-,25-,26-/m0/s1. The average Bonchev–Trinajstić information content (AvgIpc) is 2.86. The molecule has 0 bridgehead atoms. The van der Waals surface area contributed by atoms with Crippen molar-refractivity contribution in [3.8, 4) is 11.5 Å². The Hall–Kier alpha value is -3.92. The summed E-state index contributed by atoms with van der Waals surface area (Å²) in [7, 11) is 1.58. The highest BCUT2D eigenvalue weighted by Gasteiger charge is 2.28. The predicted molar refractivity (Wildman–Crippen MR) is 141 cm³/mol. The van der Waals surface area contributed by atoms with Gasteiger partial charge < -0.3 is 30.6 Å². The molecule has 38 heavy (non-hydrogen) atoms. The Morgan fingerprint density at radius 1 is 0.789 bits per heavy atom. The molecule has 0 saturated carbocycles. The third-order valence-corrected chi connectivity index (χ3v) is 5.70. The Kier molecular flexibility index (Phi) is 11.7. The fourth-order valence-electron chi connectivity index (χ4n) is 3.71. The molecule has 0 heterocycles. The van der Waals surface area contributed by atoms with Gasteiger partial charge in [-0.05, 0) is 54.2 Å². The van der Waals surface area contributed by atoms with Crippen molar-refractivity contribution in [3.63, 3.8) is 0 Å². The van der Waals surface area contributed by atoms with E-state index in [0.29, 0.717) is 17.9 Å². The summed E-state index contributed by atoms with van der Waals surface area (Å²) in [6.07, 6.45) is 0.635. The van der Waals surface area contributed by atoms with E-state index < -0.39 is 41.9 Å². The van der Waals surface area contributed by atoms with Crippen LogP contribution in [0.3, 0.4) is 0 Å². The number of nitrogens with one attached hydrogen (secondary N) is 2. The van der Waals surface area contributed by atoms with E-state index in [2.05, 4.69) is 10.6 Å². The number of carbonyl (C=O) groups excluding carboxylic acids is 4. The molecule has 4 N–H and O–H groups in total. The van der Waals surface area contributed by atoms with Crippen LogP contribution in [0.4, 0.5) is 0 Å². The molecule has 0 spiro atoms. The van der Waals surface area contributed by atoms with E-state index in [1.54, 1.807) is 31.4 Å². The quantitative estimate of drug-likeness (QED) is 0.265. The number of esters is 2. The van der Waals surface area contributed by atoms with Crippen molar-refractivity contribution in [3.05, 3.63) is 59.7 Å². The van der Waals surface area contributed by atoms with Crippen molar-refractivity contribution in [1.29, 1.82) is 0 Å². The van der Waals surface area contributed by atoms with Gasteiger partial charge in [0.25, 0.3) is 0 Å². The first-order chi connectivity index (χ1) is 18.0. The third kappa shape index (κ3) is 10.2. The molecule has 10 nitrogen and oxygen atoms in total. The van der Waals surface area contributed by atoms with E-state index >= 15 is 0 Å². The Bertz CT molecular complexity index is 1080. The van der Waals surface area contributed by atoms with Crippen LogP contribution in [0.5, 0.6) is 11.5 Å². The molecule has 0 radical (unpaired) electrons. The lowest BCUT2D eigenvalue weighted by Gasteiger charge is -2.26. The topological polar surface area (TPSA) is 146 Å². The van der Waals surface area contributed by atoms with Crippen LogP contribution < -0.4 is 25.8 Å². The van der Waals surface area contributed by atoms with Gasteiger partial charge in [-0.15, -0.1) is 0 Å². The number of hydrogen-bond donors (Lipinski definition) is 3.